The van der Waals surface area contributed by atoms with Gasteiger partial charge in [-0.3, -0.25) is 9.69 Å². The summed E-state index contributed by atoms with van der Waals surface area (Å²) in [7, 11) is 2.12. The highest BCUT2D eigenvalue weighted by molar-refractivity contribution is 5.95. The lowest BCUT2D eigenvalue weighted by Crippen LogP contribution is -2.50. The second-order valence-electron chi connectivity index (χ2n) is 6.20. The summed E-state index contributed by atoms with van der Waals surface area (Å²) in [6, 6.07) is 3.96. The number of rotatable bonds is 2. The van der Waals surface area contributed by atoms with Crippen LogP contribution in [0.3, 0.4) is 0 Å². The molecule has 0 bridgehead atoms. The Labute approximate surface area is 129 Å². The lowest BCUT2D eigenvalue weighted by molar-refractivity contribution is 0.0750. The van der Waals surface area contributed by atoms with Gasteiger partial charge in [-0.2, -0.15) is 0 Å². The van der Waals surface area contributed by atoms with Gasteiger partial charge in [-0.15, -0.1) is 0 Å². The lowest BCUT2D eigenvalue weighted by Gasteiger charge is -2.36. The van der Waals surface area contributed by atoms with Crippen molar-refractivity contribution in [3.63, 3.8) is 0 Å². The van der Waals surface area contributed by atoms with Crippen molar-refractivity contribution in [2.75, 3.05) is 46.3 Å². The minimum atomic E-state index is -0.578. The quantitative estimate of drug-likeness (QED) is 0.885. The molecule has 1 atom stereocenters. The number of phenolic OH excluding ortho intramolecular Hbond substituents is 1. The third-order valence-corrected chi connectivity index (χ3v) is 4.69. The Morgan fingerprint density at radius 2 is 1.95 bits per heavy atom. The first kappa shape index (κ1) is 15.2. The van der Waals surface area contributed by atoms with Gasteiger partial charge in [0.05, 0.1) is 5.56 Å². The largest absolute Gasteiger partial charge is 0.508 e. The van der Waals surface area contributed by atoms with Crippen molar-refractivity contribution >= 4 is 5.91 Å². The Morgan fingerprint density at radius 3 is 2.68 bits per heavy atom. The van der Waals surface area contributed by atoms with Crippen LogP contribution < -0.4 is 0 Å². The molecule has 0 aromatic heterocycles. The molecule has 2 saturated heterocycles. The molecule has 3 rings (SSSR count). The van der Waals surface area contributed by atoms with E-state index >= 15 is 0 Å². The predicted molar refractivity (Wildman–Crippen MR) is 81.4 cm³/mol. The van der Waals surface area contributed by atoms with Crippen molar-refractivity contribution < 1.29 is 14.3 Å². The van der Waals surface area contributed by atoms with Crippen LogP contribution in [-0.2, 0) is 0 Å². The fraction of sp³-hybridized carbons (Fsp3) is 0.562. The van der Waals surface area contributed by atoms with E-state index in [-0.39, 0.29) is 17.2 Å². The number of phenols is 1. The Kier molecular flexibility index (Phi) is 4.31. The normalized spacial score (nSPS) is 23.9. The molecule has 1 aromatic rings. The van der Waals surface area contributed by atoms with E-state index in [0.717, 1.165) is 38.7 Å². The van der Waals surface area contributed by atoms with E-state index in [4.69, 9.17) is 0 Å². The first-order valence-electron chi connectivity index (χ1n) is 7.75. The van der Waals surface area contributed by atoms with Gasteiger partial charge in [0.25, 0.3) is 5.91 Å². The average molecular weight is 307 g/mol. The molecule has 2 aliphatic heterocycles. The highest BCUT2D eigenvalue weighted by Crippen LogP contribution is 2.22. The van der Waals surface area contributed by atoms with E-state index in [9.17, 15) is 14.3 Å². The number of carbonyl (C=O) groups is 1. The van der Waals surface area contributed by atoms with Crippen molar-refractivity contribution in [1.82, 2.24) is 14.7 Å². The van der Waals surface area contributed by atoms with Gasteiger partial charge in [0, 0.05) is 45.3 Å². The molecular weight excluding hydrogens is 285 g/mol. The Bertz CT molecular complexity index is 558. The third kappa shape index (κ3) is 3.08. The number of piperazine rings is 1. The van der Waals surface area contributed by atoms with Crippen LogP contribution in [0.1, 0.15) is 16.8 Å². The van der Waals surface area contributed by atoms with Crippen LogP contribution in [0, 0.1) is 5.82 Å². The number of likely N-dealkylation sites (N-methyl/N-ethyl adjacent to an activating group) is 1. The van der Waals surface area contributed by atoms with Gasteiger partial charge in [-0.05, 0) is 31.7 Å². The van der Waals surface area contributed by atoms with Crippen molar-refractivity contribution in [2.45, 2.75) is 12.5 Å². The van der Waals surface area contributed by atoms with Gasteiger partial charge in [-0.1, -0.05) is 0 Å². The van der Waals surface area contributed by atoms with E-state index in [1.165, 1.54) is 12.1 Å². The average Bonchev–Trinajstić information content (AvgIpc) is 2.99. The molecule has 0 spiro atoms. The summed E-state index contributed by atoms with van der Waals surface area (Å²) in [5.74, 6) is -0.990. The van der Waals surface area contributed by atoms with E-state index in [0.29, 0.717) is 19.1 Å². The van der Waals surface area contributed by atoms with Gasteiger partial charge in [0.2, 0.25) is 0 Å². The number of amides is 1. The van der Waals surface area contributed by atoms with E-state index < -0.39 is 5.82 Å². The van der Waals surface area contributed by atoms with Gasteiger partial charge < -0.3 is 14.9 Å². The summed E-state index contributed by atoms with van der Waals surface area (Å²) in [5.41, 5.74) is -0.0426. The summed E-state index contributed by atoms with van der Waals surface area (Å²) in [6.45, 7) is 5.41. The van der Waals surface area contributed by atoms with Crippen LogP contribution in [0.5, 0.6) is 5.75 Å². The number of halogens is 1. The van der Waals surface area contributed by atoms with Gasteiger partial charge >= 0.3 is 0 Å². The molecule has 6 heteroatoms. The number of aromatic hydroxyl groups is 1. The van der Waals surface area contributed by atoms with Crippen molar-refractivity contribution in [1.29, 1.82) is 0 Å². The topological polar surface area (TPSA) is 47.0 Å². The van der Waals surface area contributed by atoms with Crippen molar-refractivity contribution in [3.05, 3.63) is 29.6 Å². The maximum atomic E-state index is 13.8. The Hall–Kier alpha value is -1.66. The maximum Gasteiger partial charge on any atom is 0.257 e. The Balaban J connectivity index is 1.65. The van der Waals surface area contributed by atoms with Gasteiger partial charge in [-0.25, -0.2) is 4.39 Å². The zero-order valence-electron chi connectivity index (χ0n) is 12.8. The molecule has 0 aliphatic carbocycles. The molecule has 1 amide bonds. The van der Waals surface area contributed by atoms with Crippen LogP contribution >= 0.6 is 0 Å². The zero-order chi connectivity index (χ0) is 15.7. The molecule has 1 N–H and O–H groups in total. The molecule has 0 unspecified atom stereocenters. The first-order valence-corrected chi connectivity index (χ1v) is 7.75. The Morgan fingerprint density at radius 1 is 1.23 bits per heavy atom. The molecule has 0 saturated carbocycles. The predicted octanol–water partition coefficient (Wildman–Crippen LogP) is 0.993. The summed E-state index contributed by atoms with van der Waals surface area (Å²) < 4.78 is 13.8. The molecule has 120 valence electrons. The van der Waals surface area contributed by atoms with E-state index in [1.807, 2.05) is 0 Å². The summed E-state index contributed by atoms with van der Waals surface area (Å²) in [4.78, 5) is 18.9. The monoisotopic (exact) mass is 307 g/mol. The van der Waals surface area contributed by atoms with E-state index in [2.05, 4.69) is 16.8 Å². The molecule has 2 heterocycles. The number of benzene rings is 1. The number of hydrogen-bond acceptors (Lipinski definition) is 4. The fourth-order valence-corrected chi connectivity index (χ4v) is 3.26. The molecule has 0 radical (unpaired) electrons. The minimum absolute atomic E-state index is 0.0426. The zero-order valence-corrected chi connectivity index (χ0v) is 12.8. The molecule has 2 fully saturated rings. The SMILES string of the molecule is CN1CCN([C@@H]2CCN(C(=O)c3cc(O)ccc3F)C2)CC1. The number of hydrogen-bond donors (Lipinski definition) is 1. The highest BCUT2D eigenvalue weighted by Gasteiger charge is 2.32. The van der Waals surface area contributed by atoms with Gasteiger partial charge in [0.1, 0.15) is 11.6 Å². The number of nitrogens with zero attached hydrogens (tertiary/aromatic N) is 3. The highest BCUT2D eigenvalue weighted by atomic mass is 19.1. The lowest BCUT2D eigenvalue weighted by atomic mass is 10.1. The van der Waals surface area contributed by atoms with Crippen LogP contribution in [0.2, 0.25) is 0 Å². The number of carbonyl (C=O) groups excluding carboxylic acids is 1. The van der Waals surface area contributed by atoms with Crippen LogP contribution in [0.25, 0.3) is 0 Å². The molecule has 2 aliphatic rings. The second kappa shape index (κ2) is 6.22. The van der Waals surface area contributed by atoms with Crippen LogP contribution in [0.4, 0.5) is 4.39 Å². The smallest absolute Gasteiger partial charge is 0.257 e. The van der Waals surface area contributed by atoms with E-state index in [1.54, 1.807) is 4.90 Å². The molecule has 5 nitrogen and oxygen atoms in total. The van der Waals surface area contributed by atoms with Crippen LogP contribution in [0.15, 0.2) is 18.2 Å². The molecule has 22 heavy (non-hydrogen) atoms. The van der Waals surface area contributed by atoms with Gasteiger partial charge in [0.15, 0.2) is 0 Å². The summed E-state index contributed by atoms with van der Waals surface area (Å²) in [6.07, 6.45) is 0.926. The standard InChI is InChI=1S/C16H22FN3O2/c1-18-6-8-19(9-7-18)12-4-5-20(11-12)16(22)14-10-13(21)2-3-15(14)17/h2-3,10,12,21H,4-9,11H2,1H3/t12-/m1/s1. The second-order valence-corrected chi connectivity index (χ2v) is 6.20. The minimum Gasteiger partial charge on any atom is -0.508 e. The van der Waals surface area contributed by atoms with Crippen molar-refractivity contribution in [2.24, 2.45) is 0 Å². The van der Waals surface area contributed by atoms with Crippen LogP contribution in [-0.4, -0.2) is 78.1 Å². The maximum absolute atomic E-state index is 13.8. The summed E-state index contributed by atoms with van der Waals surface area (Å²) >= 11 is 0. The van der Waals surface area contributed by atoms with Crippen molar-refractivity contribution in [3.8, 4) is 5.75 Å². The molecular formula is C16H22FN3O2. The third-order valence-electron chi connectivity index (χ3n) is 4.69. The number of likely N-dealkylation sites (tertiary alicyclic amines) is 1. The first-order chi connectivity index (χ1) is 10.5. The summed E-state index contributed by atoms with van der Waals surface area (Å²) in [5, 5.41) is 9.46. The fourth-order valence-electron chi connectivity index (χ4n) is 3.26. The molecule has 1 aromatic carbocycles.